The van der Waals surface area contributed by atoms with Gasteiger partial charge in [0.05, 0.1) is 6.10 Å². The number of aryl methyl sites for hydroxylation is 1. The second kappa shape index (κ2) is 8.63. The van der Waals surface area contributed by atoms with E-state index in [1.165, 1.54) is 0 Å². The first-order valence-electron chi connectivity index (χ1n) is 11.1. The second-order valence-electron chi connectivity index (χ2n) is 8.44. The first-order chi connectivity index (χ1) is 15.2. The molecule has 162 valence electrons. The van der Waals surface area contributed by atoms with Crippen LogP contribution in [0.15, 0.2) is 36.4 Å². The lowest BCUT2D eigenvalue weighted by Gasteiger charge is -2.32. The van der Waals surface area contributed by atoms with Crippen LogP contribution < -0.4 is 10.2 Å². The molecule has 4 heterocycles. The molecule has 0 aliphatic carbocycles. The van der Waals surface area contributed by atoms with Crippen LogP contribution >= 0.6 is 0 Å². The van der Waals surface area contributed by atoms with Gasteiger partial charge in [0.25, 0.3) is 0 Å². The van der Waals surface area contributed by atoms with E-state index in [2.05, 4.69) is 33.4 Å². The summed E-state index contributed by atoms with van der Waals surface area (Å²) in [4.78, 5) is 14.8. The number of rotatable bonds is 5. The van der Waals surface area contributed by atoms with Gasteiger partial charge in [0.1, 0.15) is 5.82 Å². The molecule has 31 heavy (non-hydrogen) atoms. The predicted octanol–water partition coefficient (Wildman–Crippen LogP) is 2.61. The van der Waals surface area contributed by atoms with Crippen molar-refractivity contribution >= 4 is 17.4 Å². The number of amides is 1. The van der Waals surface area contributed by atoms with Gasteiger partial charge in [-0.1, -0.05) is 24.3 Å². The smallest absolute Gasteiger partial charge is 0.223 e. The van der Waals surface area contributed by atoms with Crippen LogP contribution in [0.1, 0.15) is 31.2 Å². The number of hydrogen-bond donors (Lipinski definition) is 1. The molecule has 8 heteroatoms. The Morgan fingerprint density at radius 2 is 1.97 bits per heavy atom. The van der Waals surface area contributed by atoms with Crippen molar-refractivity contribution in [2.75, 3.05) is 31.1 Å². The van der Waals surface area contributed by atoms with Crippen LogP contribution in [0.5, 0.6) is 0 Å². The van der Waals surface area contributed by atoms with E-state index >= 15 is 0 Å². The van der Waals surface area contributed by atoms with Crippen molar-refractivity contribution < 1.29 is 9.53 Å². The fourth-order valence-electron chi connectivity index (χ4n) is 4.47. The Kier molecular flexibility index (Phi) is 5.55. The second-order valence-corrected chi connectivity index (χ2v) is 8.44. The Morgan fingerprint density at radius 1 is 1.13 bits per heavy atom. The van der Waals surface area contributed by atoms with Crippen LogP contribution in [0.2, 0.25) is 0 Å². The average molecular weight is 421 g/mol. The molecule has 2 saturated heterocycles. The molecule has 2 aliphatic rings. The lowest BCUT2D eigenvalue weighted by atomic mass is 9.96. The third-order valence-electron chi connectivity index (χ3n) is 6.35. The number of nitrogens with zero attached hydrogens (tertiary/aromatic N) is 5. The lowest BCUT2D eigenvalue weighted by molar-refractivity contribution is -0.126. The monoisotopic (exact) mass is 420 g/mol. The van der Waals surface area contributed by atoms with Crippen LogP contribution in [-0.4, -0.2) is 58.1 Å². The summed E-state index contributed by atoms with van der Waals surface area (Å²) in [6, 6.07) is 12.1. The molecule has 1 unspecified atom stereocenters. The number of benzene rings is 1. The standard InChI is InChI=1S/C23H28N6O2/c1-16-5-2-3-7-19(16)22-26-25-20-8-9-21(27-29(20)22)28-12-10-17(11-13-28)23(30)24-15-18-6-4-14-31-18/h2-3,5,7-9,17-18H,4,6,10-15H2,1H3,(H,24,30). The molecule has 0 radical (unpaired) electrons. The summed E-state index contributed by atoms with van der Waals surface area (Å²) < 4.78 is 7.42. The zero-order chi connectivity index (χ0) is 21.2. The Hall–Kier alpha value is -3.00. The maximum absolute atomic E-state index is 12.6. The van der Waals surface area contributed by atoms with Gasteiger partial charge in [-0.05, 0) is 50.3 Å². The molecule has 2 fully saturated rings. The first-order valence-corrected chi connectivity index (χ1v) is 11.1. The summed E-state index contributed by atoms with van der Waals surface area (Å²) in [5, 5.41) is 16.6. The molecule has 0 saturated carbocycles. The van der Waals surface area contributed by atoms with Gasteiger partial charge < -0.3 is 15.0 Å². The minimum Gasteiger partial charge on any atom is -0.376 e. The topological polar surface area (TPSA) is 84.7 Å². The fourth-order valence-corrected chi connectivity index (χ4v) is 4.47. The minimum atomic E-state index is 0.0545. The molecule has 0 bridgehead atoms. The maximum atomic E-state index is 12.6. The summed E-state index contributed by atoms with van der Waals surface area (Å²) in [7, 11) is 0. The summed E-state index contributed by atoms with van der Waals surface area (Å²) in [6.45, 7) is 5.12. The molecule has 2 aromatic heterocycles. The fraction of sp³-hybridized carbons (Fsp3) is 0.478. The molecule has 8 nitrogen and oxygen atoms in total. The van der Waals surface area contributed by atoms with Crippen LogP contribution in [0.4, 0.5) is 5.82 Å². The normalized spacial score (nSPS) is 19.8. The van der Waals surface area contributed by atoms with Crippen molar-refractivity contribution in [1.82, 2.24) is 25.1 Å². The zero-order valence-corrected chi connectivity index (χ0v) is 17.8. The molecule has 2 aliphatic heterocycles. The molecule has 5 rings (SSSR count). The van der Waals surface area contributed by atoms with Gasteiger partial charge in [0.15, 0.2) is 11.5 Å². The Labute approximate surface area is 181 Å². The molecule has 1 amide bonds. The third-order valence-corrected chi connectivity index (χ3v) is 6.35. The molecule has 0 spiro atoms. The summed E-state index contributed by atoms with van der Waals surface area (Å²) in [6.07, 6.45) is 3.97. The third kappa shape index (κ3) is 4.12. The Morgan fingerprint density at radius 3 is 2.74 bits per heavy atom. The molecule has 1 N–H and O–H groups in total. The van der Waals surface area contributed by atoms with Crippen molar-refractivity contribution in [3.8, 4) is 11.4 Å². The highest BCUT2D eigenvalue weighted by Gasteiger charge is 2.27. The Balaban J connectivity index is 1.26. The van der Waals surface area contributed by atoms with Gasteiger partial charge in [-0.3, -0.25) is 4.79 Å². The van der Waals surface area contributed by atoms with Crippen LogP contribution in [0.25, 0.3) is 17.0 Å². The van der Waals surface area contributed by atoms with E-state index < -0.39 is 0 Å². The maximum Gasteiger partial charge on any atom is 0.223 e. The van der Waals surface area contributed by atoms with E-state index in [0.717, 1.165) is 73.8 Å². The van der Waals surface area contributed by atoms with Crippen LogP contribution in [0.3, 0.4) is 0 Å². The van der Waals surface area contributed by atoms with E-state index in [4.69, 9.17) is 9.84 Å². The number of carbonyl (C=O) groups excluding carboxylic acids is 1. The van der Waals surface area contributed by atoms with Gasteiger partial charge >= 0.3 is 0 Å². The van der Waals surface area contributed by atoms with Crippen molar-refractivity contribution in [3.63, 3.8) is 0 Å². The van der Waals surface area contributed by atoms with Crippen molar-refractivity contribution in [3.05, 3.63) is 42.0 Å². The van der Waals surface area contributed by atoms with Crippen LogP contribution in [-0.2, 0) is 9.53 Å². The summed E-state index contributed by atoms with van der Waals surface area (Å²) in [5.41, 5.74) is 2.89. The van der Waals surface area contributed by atoms with Gasteiger partial charge in [-0.15, -0.1) is 15.3 Å². The lowest BCUT2D eigenvalue weighted by Crippen LogP contribution is -2.42. The highest BCUT2D eigenvalue weighted by molar-refractivity contribution is 5.79. The highest BCUT2D eigenvalue weighted by atomic mass is 16.5. The van der Waals surface area contributed by atoms with Crippen LogP contribution in [0, 0.1) is 12.8 Å². The van der Waals surface area contributed by atoms with Gasteiger partial charge in [0, 0.05) is 37.7 Å². The number of hydrogen-bond acceptors (Lipinski definition) is 6. The average Bonchev–Trinajstić information content (AvgIpc) is 3.47. The predicted molar refractivity (Wildman–Crippen MR) is 118 cm³/mol. The van der Waals surface area contributed by atoms with E-state index in [9.17, 15) is 4.79 Å². The zero-order valence-electron chi connectivity index (χ0n) is 17.8. The number of piperidine rings is 1. The number of ether oxygens (including phenoxy) is 1. The summed E-state index contributed by atoms with van der Waals surface area (Å²) in [5.74, 6) is 1.84. The van der Waals surface area contributed by atoms with Crippen molar-refractivity contribution in [2.45, 2.75) is 38.7 Å². The van der Waals surface area contributed by atoms with E-state index in [1.54, 1.807) is 0 Å². The number of nitrogens with one attached hydrogen (secondary N) is 1. The van der Waals surface area contributed by atoms with Crippen molar-refractivity contribution in [1.29, 1.82) is 0 Å². The molecule has 3 aromatic rings. The van der Waals surface area contributed by atoms with E-state index in [0.29, 0.717) is 6.54 Å². The molecule has 1 aromatic carbocycles. The molecule has 1 atom stereocenters. The molecular formula is C23H28N6O2. The SMILES string of the molecule is Cc1ccccc1-c1nnc2ccc(N3CCC(C(=O)NCC4CCCO4)CC3)nn12. The van der Waals surface area contributed by atoms with E-state index in [1.807, 2.05) is 34.8 Å². The minimum absolute atomic E-state index is 0.0545. The van der Waals surface area contributed by atoms with Gasteiger partial charge in [-0.2, -0.15) is 4.52 Å². The summed E-state index contributed by atoms with van der Waals surface area (Å²) >= 11 is 0. The number of anilines is 1. The molecular weight excluding hydrogens is 392 g/mol. The van der Waals surface area contributed by atoms with Gasteiger partial charge in [0.2, 0.25) is 5.91 Å². The number of carbonyl (C=O) groups is 1. The largest absolute Gasteiger partial charge is 0.376 e. The first kappa shape index (κ1) is 19.9. The number of aromatic nitrogens is 4. The quantitative estimate of drug-likeness (QED) is 0.683. The van der Waals surface area contributed by atoms with Crippen molar-refractivity contribution in [2.24, 2.45) is 5.92 Å². The highest BCUT2D eigenvalue weighted by Crippen LogP contribution is 2.25. The van der Waals surface area contributed by atoms with Gasteiger partial charge in [-0.25, -0.2) is 0 Å². The van der Waals surface area contributed by atoms with E-state index in [-0.39, 0.29) is 17.9 Å². The number of fused-ring (bicyclic) bond motifs is 1. The Bertz CT molecular complexity index is 1070.